The third-order valence-electron chi connectivity index (χ3n) is 5.00. The number of unbranched alkanes of at least 4 members (excludes halogenated alkanes) is 1. The van der Waals surface area contributed by atoms with Gasteiger partial charge in [-0.25, -0.2) is 0 Å². The van der Waals surface area contributed by atoms with Crippen molar-refractivity contribution >= 4 is 40.6 Å². The number of carbonyl (C=O) groups is 3. The maximum absolute atomic E-state index is 12.8. The van der Waals surface area contributed by atoms with Crippen LogP contribution < -0.4 is 14.8 Å². The molecule has 0 aromatic heterocycles. The van der Waals surface area contributed by atoms with Gasteiger partial charge in [-0.3, -0.25) is 19.3 Å². The van der Waals surface area contributed by atoms with E-state index in [1.165, 1.54) is 0 Å². The van der Waals surface area contributed by atoms with Gasteiger partial charge in [0, 0.05) is 5.69 Å². The number of thioether (sulfide) groups is 1. The lowest BCUT2D eigenvalue weighted by molar-refractivity contribution is -0.127. The van der Waals surface area contributed by atoms with Crippen LogP contribution in [0.25, 0.3) is 6.08 Å². The third-order valence-corrected chi connectivity index (χ3v) is 5.91. The van der Waals surface area contributed by atoms with E-state index in [-0.39, 0.29) is 11.4 Å². The molecule has 1 aliphatic rings. The topological polar surface area (TPSA) is 84.9 Å². The molecule has 3 rings (SSSR count). The molecule has 1 fully saturated rings. The summed E-state index contributed by atoms with van der Waals surface area (Å²) in [7, 11) is 0. The van der Waals surface area contributed by atoms with Gasteiger partial charge in [0.15, 0.2) is 11.5 Å². The first-order chi connectivity index (χ1) is 16.3. The van der Waals surface area contributed by atoms with Gasteiger partial charge in [-0.2, -0.15) is 0 Å². The van der Waals surface area contributed by atoms with E-state index in [0.29, 0.717) is 36.0 Å². The molecule has 2 aromatic rings. The fourth-order valence-electron chi connectivity index (χ4n) is 3.51. The summed E-state index contributed by atoms with van der Waals surface area (Å²) in [5.74, 6) is 0.301. The van der Waals surface area contributed by atoms with Gasteiger partial charge in [0.2, 0.25) is 5.91 Å². The van der Waals surface area contributed by atoms with Gasteiger partial charge in [0.05, 0.1) is 18.1 Å². The number of hydrogen-bond acceptors (Lipinski definition) is 6. The second-order valence-electron chi connectivity index (χ2n) is 8.03. The Labute approximate surface area is 204 Å². The minimum atomic E-state index is -0.494. The summed E-state index contributed by atoms with van der Waals surface area (Å²) in [6.07, 6.45) is 3.60. The third kappa shape index (κ3) is 6.63. The fourth-order valence-corrected chi connectivity index (χ4v) is 4.35. The molecule has 0 unspecified atom stereocenters. The molecule has 34 heavy (non-hydrogen) atoms. The Morgan fingerprint density at radius 1 is 1.03 bits per heavy atom. The Bertz CT molecular complexity index is 1090. The first-order valence-electron chi connectivity index (χ1n) is 11.3. The summed E-state index contributed by atoms with van der Waals surface area (Å²) in [5, 5.41) is 2.28. The number of ether oxygens (including phenoxy) is 2. The Kier molecular flexibility index (Phi) is 8.76. The number of benzene rings is 2. The smallest absolute Gasteiger partial charge is 0.294 e. The summed E-state index contributed by atoms with van der Waals surface area (Å²) in [5.41, 5.74) is 3.36. The van der Waals surface area contributed by atoms with E-state index in [4.69, 9.17) is 9.47 Å². The first kappa shape index (κ1) is 25.4. The van der Waals surface area contributed by atoms with E-state index in [1.54, 1.807) is 18.2 Å². The Balaban J connectivity index is 1.71. The number of rotatable bonds is 10. The average molecular weight is 483 g/mol. The minimum Gasteiger partial charge on any atom is -0.490 e. The summed E-state index contributed by atoms with van der Waals surface area (Å²) >= 11 is 0.817. The Morgan fingerprint density at radius 3 is 2.44 bits per heavy atom. The van der Waals surface area contributed by atoms with E-state index >= 15 is 0 Å². The molecule has 0 atom stereocenters. The molecule has 1 N–H and O–H groups in total. The van der Waals surface area contributed by atoms with Gasteiger partial charge in [-0.1, -0.05) is 25.5 Å². The van der Waals surface area contributed by atoms with Crippen molar-refractivity contribution in [2.75, 3.05) is 25.1 Å². The molecule has 0 saturated carbocycles. The first-order valence-corrected chi connectivity index (χ1v) is 12.2. The molecule has 3 amide bonds. The second-order valence-corrected chi connectivity index (χ2v) is 9.03. The van der Waals surface area contributed by atoms with Crippen LogP contribution in [0.2, 0.25) is 0 Å². The number of nitrogens with one attached hydrogen (secondary N) is 1. The molecule has 1 heterocycles. The molecule has 0 bridgehead atoms. The van der Waals surface area contributed by atoms with Crippen molar-refractivity contribution < 1.29 is 23.9 Å². The quantitative estimate of drug-likeness (QED) is 0.353. The van der Waals surface area contributed by atoms with Gasteiger partial charge < -0.3 is 14.8 Å². The normalized spacial score (nSPS) is 14.6. The molecule has 1 aliphatic heterocycles. The highest BCUT2D eigenvalue weighted by Gasteiger charge is 2.36. The molecule has 180 valence electrons. The lowest BCUT2D eigenvalue weighted by Crippen LogP contribution is -2.36. The zero-order valence-corrected chi connectivity index (χ0v) is 20.8. The number of hydrogen-bond donors (Lipinski definition) is 1. The van der Waals surface area contributed by atoms with Gasteiger partial charge in [-0.15, -0.1) is 0 Å². The van der Waals surface area contributed by atoms with Crippen LogP contribution in [0.1, 0.15) is 43.4 Å². The number of aryl methyl sites for hydroxylation is 2. The number of nitrogens with zero attached hydrogens (tertiary/aromatic N) is 1. The predicted molar refractivity (Wildman–Crippen MR) is 135 cm³/mol. The van der Waals surface area contributed by atoms with E-state index in [0.717, 1.165) is 40.6 Å². The van der Waals surface area contributed by atoms with Crippen molar-refractivity contribution in [2.45, 2.75) is 40.5 Å². The number of imide groups is 1. The number of amides is 3. The number of carbonyl (C=O) groups excluding carboxylic acids is 3. The van der Waals surface area contributed by atoms with Crippen molar-refractivity contribution in [3.05, 3.63) is 58.0 Å². The van der Waals surface area contributed by atoms with Gasteiger partial charge in [0.1, 0.15) is 6.54 Å². The van der Waals surface area contributed by atoms with Crippen molar-refractivity contribution in [2.24, 2.45) is 0 Å². The lowest BCUT2D eigenvalue weighted by Gasteiger charge is -2.13. The molecule has 2 aromatic carbocycles. The van der Waals surface area contributed by atoms with Gasteiger partial charge in [0.25, 0.3) is 11.1 Å². The molecule has 8 heteroatoms. The summed E-state index contributed by atoms with van der Waals surface area (Å²) in [6, 6.07) is 11.1. The Hall–Kier alpha value is -3.26. The molecular weight excluding hydrogens is 452 g/mol. The van der Waals surface area contributed by atoms with E-state index in [9.17, 15) is 14.4 Å². The average Bonchev–Trinajstić information content (AvgIpc) is 3.02. The van der Waals surface area contributed by atoms with Crippen LogP contribution in [0.4, 0.5) is 10.5 Å². The van der Waals surface area contributed by atoms with Crippen molar-refractivity contribution in [1.82, 2.24) is 4.90 Å². The van der Waals surface area contributed by atoms with Crippen LogP contribution in [-0.2, 0) is 9.59 Å². The maximum atomic E-state index is 12.8. The van der Waals surface area contributed by atoms with Crippen molar-refractivity contribution in [3.63, 3.8) is 0 Å². The van der Waals surface area contributed by atoms with Crippen LogP contribution in [0, 0.1) is 13.8 Å². The highest BCUT2D eigenvalue weighted by molar-refractivity contribution is 8.18. The van der Waals surface area contributed by atoms with Crippen LogP contribution in [0.3, 0.4) is 0 Å². The zero-order chi connectivity index (χ0) is 24.7. The van der Waals surface area contributed by atoms with Crippen LogP contribution in [0.5, 0.6) is 11.5 Å². The SMILES string of the molecule is CCCCOc1ccc(/C=C2\SC(=O)N(CC(=O)Nc3cc(C)cc(C)c3)C2=O)cc1OCC. The van der Waals surface area contributed by atoms with E-state index in [2.05, 4.69) is 12.2 Å². The summed E-state index contributed by atoms with van der Waals surface area (Å²) in [6.45, 7) is 8.57. The van der Waals surface area contributed by atoms with Crippen LogP contribution in [-0.4, -0.2) is 41.7 Å². The largest absolute Gasteiger partial charge is 0.490 e. The molecule has 7 nitrogen and oxygen atoms in total. The molecule has 0 aliphatic carbocycles. The van der Waals surface area contributed by atoms with Gasteiger partial charge >= 0.3 is 0 Å². The predicted octanol–water partition coefficient (Wildman–Crippen LogP) is 5.56. The van der Waals surface area contributed by atoms with Crippen LogP contribution in [0.15, 0.2) is 41.3 Å². The highest BCUT2D eigenvalue weighted by atomic mass is 32.2. The summed E-state index contributed by atoms with van der Waals surface area (Å²) in [4.78, 5) is 39.0. The van der Waals surface area contributed by atoms with Crippen molar-refractivity contribution in [3.8, 4) is 11.5 Å². The Morgan fingerprint density at radius 2 is 1.76 bits per heavy atom. The molecular formula is C26H30N2O5S. The fraction of sp³-hybridized carbons (Fsp3) is 0.346. The highest BCUT2D eigenvalue weighted by Crippen LogP contribution is 2.34. The number of anilines is 1. The summed E-state index contributed by atoms with van der Waals surface area (Å²) < 4.78 is 11.5. The van der Waals surface area contributed by atoms with Crippen molar-refractivity contribution in [1.29, 1.82) is 0 Å². The molecule has 0 spiro atoms. The van der Waals surface area contributed by atoms with E-state index in [1.807, 2.05) is 45.0 Å². The van der Waals surface area contributed by atoms with Gasteiger partial charge in [-0.05, 0) is 86.0 Å². The van der Waals surface area contributed by atoms with Crippen LogP contribution >= 0.6 is 11.8 Å². The second kappa shape index (κ2) is 11.7. The van der Waals surface area contributed by atoms with E-state index < -0.39 is 17.1 Å². The standard InChI is InChI=1S/C26H30N2O5S/c1-5-7-10-33-21-9-8-19(14-22(21)32-6-2)15-23-25(30)28(26(31)34-23)16-24(29)27-20-12-17(3)11-18(4)13-20/h8-9,11-15H,5-7,10,16H2,1-4H3,(H,27,29)/b23-15-. The molecule has 1 saturated heterocycles. The minimum absolute atomic E-state index is 0.256. The zero-order valence-electron chi connectivity index (χ0n) is 20.0. The monoisotopic (exact) mass is 482 g/mol. The lowest BCUT2D eigenvalue weighted by atomic mass is 10.1. The molecule has 0 radical (unpaired) electrons. The maximum Gasteiger partial charge on any atom is 0.294 e.